The number of aromatic nitrogens is 1. The van der Waals surface area contributed by atoms with Gasteiger partial charge in [0, 0.05) is 33.4 Å². The molecule has 0 bridgehead atoms. The van der Waals surface area contributed by atoms with E-state index in [9.17, 15) is 5.48 Å². The first kappa shape index (κ1) is 26.1. The van der Waals surface area contributed by atoms with Gasteiger partial charge in [-0.2, -0.15) is 0 Å². The number of rotatable bonds is 9. The van der Waals surface area contributed by atoms with Gasteiger partial charge >= 0.3 is 0 Å². The Morgan fingerprint density at radius 3 is 1.42 bits per heavy atom. The molecule has 0 fully saturated rings. The van der Waals surface area contributed by atoms with E-state index in [2.05, 4.69) is 102 Å². The van der Waals surface area contributed by atoms with Crippen LogP contribution in [-0.4, -0.2) is 4.57 Å². The summed E-state index contributed by atoms with van der Waals surface area (Å²) in [4.78, 5) is 2.17. The van der Waals surface area contributed by atoms with E-state index in [1.54, 1.807) is 12.1 Å². The summed E-state index contributed by atoms with van der Waals surface area (Å²) in [7, 11) is 0. The fourth-order valence-electron chi connectivity index (χ4n) is 8.27. The molecule has 0 amide bonds. The van der Waals surface area contributed by atoms with Crippen molar-refractivity contribution in [3.63, 3.8) is 0 Å². The Balaban J connectivity index is 1.10. The summed E-state index contributed by atoms with van der Waals surface area (Å²) in [6.45, 7) is 0. The molecule has 0 aliphatic heterocycles. The Kier molecular flexibility index (Phi) is 6.78. The average molecular weight is 803 g/mol. The van der Waals surface area contributed by atoms with E-state index in [0.29, 0.717) is 11.1 Å². The second-order valence-corrected chi connectivity index (χ2v) is 14.8. The van der Waals surface area contributed by atoms with Crippen LogP contribution in [0.1, 0.15) is 16.4 Å². The minimum Gasteiger partial charge on any atom is -0.310 e. The van der Waals surface area contributed by atoms with Crippen molar-refractivity contribution in [3.8, 4) is 61.3 Å². The van der Waals surface area contributed by atoms with E-state index in [4.69, 9.17) is 11.0 Å². The monoisotopic (exact) mass is 802 g/mol. The molecule has 0 N–H and O–H groups in total. The molecular weight excluding hydrogens is 749 g/mol. The van der Waals surface area contributed by atoms with Crippen LogP contribution in [0.5, 0.6) is 0 Å². The standard InChI is InChI=1S/C60H42N2/c1-4-16-43(17-5-1)45-30-32-46(33-31-45)48-36-40-53(41-37-48)61(52-38-34-47(35-39-52)44-18-6-2-7-19-44)57-27-12-10-24-54(57)49-20-14-21-50(42-49)55-26-15-29-59-60(55)56-25-11-13-28-58(56)62(59)51-22-8-3-9-23-51/h1-42H/i3D,8D,9D,11D,13D,15D,22D,23D,25D,26D,28D,29D. The Labute approximate surface area is 379 Å². The highest BCUT2D eigenvalue weighted by Crippen LogP contribution is 2.44. The quantitative estimate of drug-likeness (QED) is 0.141. The maximum absolute atomic E-state index is 9.49. The fourth-order valence-corrected chi connectivity index (χ4v) is 8.27. The molecule has 0 spiro atoms. The molecule has 2 nitrogen and oxygen atoms in total. The van der Waals surface area contributed by atoms with Gasteiger partial charge < -0.3 is 9.47 Å². The molecule has 0 unspecified atom stereocenters. The first-order valence-electron chi connectivity index (χ1n) is 26.3. The molecule has 0 atom stereocenters. The number of para-hydroxylation sites is 3. The van der Waals surface area contributed by atoms with Crippen molar-refractivity contribution in [3.05, 3.63) is 255 Å². The van der Waals surface area contributed by atoms with Crippen molar-refractivity contribution < 1.29 is 16.4 Å². The van der Waals surface area contributed by atoms with Crippen LogP contribution in [0.4, 0.5) is 17.1 Å². The highest BCUT2D eigenvalue weighted by Gasteiger charge is 2.20. The second kappa shape index (κ2) is 16.1. The van der Waals surface area contributed by atoms with Crippen LogP contribution >= 0.6 is 0 Å². The number of anilines is 3. The molecule has 62 heavy (non-hydrogen) atoms. The van der Waals surface area contributed by atoms with Gasteiger partial charge in [0.15, 0.2) is 0 Å². The molecule has 292 valence electrons. The SMILES string of the molecule is [2H]c1c([2H])c([2H])c(-n2c3c([2H])c([2H])c([2H])c([2H])c3c3c(-c4cccc(-c5ccccc5N(c5ccc(-c6ccccc6)cc5)c5ccc(-c6ccc(-c7ccccc7)cc6)cc5)c4)c([2H])c([2H])c([2H])c32)c([2H])c1[2H]. The Hall–Kier alpha value is -8.20. The number of nitrogens with zero attached hydrogens (tertiary/aromatic N) is 2. The summed E-state index contributed by atoms with van der Waals surface area (Å²) >= 11 is 0. The number of benzene rings is 10. The van der Waals surface area contributed by atoms with Gasteiger partial charge in [-0.25, -0.2) is 0 Å². The lowest BCUT2D eigenvalue weighted by atomic mass is 9.94. The third kappa shape index (κ3) is 6.84. The van der Waals surface area contributed by atoms with Crippen LogP contribution in [0.15, 0.2) is 255 Å². The topological polar surface area (TPSA) is 8.17 Å². The summed E-state index contributed by atoms with van der Waals surface area (Å²) < 4.78 is 108. The highest BCUT2D eigenvalue weighted by molar-refractivity contribution is 6.16. The third-order valence-electron chi connectivity index (χ3n) is 11.2. The summed E-state index contributed by atoms with van der Waals surface area (Å²) in [5.41, 5.74) is 10.1. The second-order valence-electron chi connectivity index (χ2n) is 14.8. The van der Waals surface area contributed by atoms with E-state index >= 15 is 0 Å². The molecule has 1 heterocycles. The van der Waals surface area contributed by atoms with E-state index < -0.39 is 78.2 Å². The van der Waals surface area contributed by atoms with Crippen molar-refractivity contribution in [2.45, 2.75) is 0 Å². The summed E-state index contributed by atoms with van der Waals surface area (Å²) in [5, 5.41) is -0.119. The van der Waals surface area contributed by atoms with Crippen molar-refractivity contribution in [1.29, 1.82) is 0 Å². The zero-order chi connectivity index (χ0) is 51.7. The lowest BCUT2D eigenvalue weighted by Gasteiger charge is -2.28. The van der Waals surface area contributed by atoms with Gasteiger partial charge in [0.25, 0.3) is 0 Å². The largest absolute Gasteiger partial charge is 0.310 e. The van der Waals surface area contributed by atoms with Gasteiger partial charge in [-0.05, 0) is 111 Å². The van der Waals surface area contributed by atoms with Crippen LogP contribution in [0, 0.1) is 0 Å². The number of hydrogen-bond donors (Lipinski definition) is 0. The van der Waals surface area contributed by atoms with Crippen molar-refractivity contribution in [2.75, 3.05) is 4.90 Å². The number of fused-ring (bicyclic) bond motifs is 3. The normalized spacial score (nSPS) is 13.9. The van der Waals surface area contributed by atoms with Crippen LogP contribution in [0.3, 0.4) is 0 Å². The molecule has 2 heteroatoms. The molecule has 1 aromatic heterocycles. The molecule has 0 aliphatic carbocycles. The first-order valence-corrected chi connectivity index (χ1v) is 20.3. The van der Waals surface area contributed by atoms with Crippen molar-refractivity contribution in [2.24, 2.45) is 0 Å². The van der Waals surface area contributed by atoms with Crippen molar-refractivity contribution in [1.82, 2.24) is 4.57 Å². The molecular formula is C60H42N2. The average Bonchev–Trinajstić information content (AvgIpc) is 3.79. The zero-order valence-corrected chi connectivity index (χ0v) is 33.2. The van der Waals surface area contributed by atoms with Gasteiger partial charge in [0.05, 0.1) is 33.2 Å². The molecule has 11 aromatic rings. The molecule has 0 saturated carbocycles. The summed E-state index contributed by atoms with van der Waals surface area (Å²) in [6, 6.07) is 53.6. The van der Waals surface area contributed by atoms with Crippen LogP contribution in [-0.2, 0) is 0 Å². The molecule has 0 saturated heterocycles. The van der Waals surface area contributed by atoms with Crippen LogP contribution in [0.2, 0.25) is 0 Å². The summed E-state index contributed by atoms with van der Waals surface area (Å²) in [5.74, 6) is 0. The van der Waals surface area contributed by atoms with E-state index in [1.165, 1.54) is 0 Å². The lowest BCUT2D eigenvalue weighted by molar-refractivity contribution is 1.18. The molecule has 10 aromatic carbocycles. The highest BCUT2D eigenvalue weighted by atomic mass is 15.1. The number of hydrogen-bond acceptors (Lipinski definition) is 1. The van der Waals surface area contributed by atoms with Crippen molar-refractivity contribution >= 4 is 38.9 Å². The molecule has 11 rings (SSSR count). The fraction of sp³-hybridized carbons (Fsp3) is 0. The third-order valence-corrected chi connectivity index (χ3v) is 11.2. The predicted molar refractivity (Wildman–Crippen MR) is 263 cm³/mol. The van der Waals surface area contributed by atoms with E-state index in [1.807, 2.05) is 72.8 Å². The minimum absolute atomic E-state index is 0.00479. The van der Waals surface area contributed by atoms with E-state index in [-0.39, 0.29) is 27.4 Å². The lowest BCUT2D eigenvalue weighted by Crippen LogP contribution is -2.11. The van der Waals surface area contributed by atoms with Gasteiger partial charge in [0.1, 0.15) is 0 Å². The molecule has 0 radical (unpaired) electrons. The maximum atomic E-state index is 9.49. The minimum atomic E-state index is -0.691. The Bertz CT molecular complexity index is 3980. The first-order chi connectivity index (χ1) is 35.7. The van der Waals surface area contributed by atoms with Gasteiger partial charge in [-0.1, -0.05) is 194 Å². The molecule has 0 aliphatic rings. The maximum Gasteiger partial charge on any atom is 0.0645 e. The summed E-state index contributed by atoms with van der Waals surface area (Å²) in [6.07, 6.45) is 0. The Morgan fingerprint density at radius 1 is 0.339 bits per heavy atom. The van der Waals surface area contributed by atoms with Gasteiger partial charge in [-0.3, -0.25) is 0 Å². The van der Waals surface area contributed by atoms with Gasteiger partial charge in [-0.15, -0.1) is 0 Å². The Morgan fingerprint density at radius 2 is 0.806 bits per heavy atom. The smallest absolute Gasteiger partial charge is 0.0645 e. The van der Waals surface area contributed by atoms with Gasteiger partial charge in [0.2, 0.25) is 0 Å². The van der Waals surface area contributed by atoms with Crippen LogP contribution < -0.4 is 4.90 Å². The van der Waals surface area contributed by atoms with E-state index in [0.717, 1.165) is 60.6 Å². The predicted octanol–water partition coefficient (Wildman–Crippen LogP) is 16.6. The zero-order valence-electron chi connectivity index (χ0n) is 45.2. The van der Waals surface area contributed by atoms with Crippen LogP contribution in [0.25, 0.3) is 83.1 Å².